The van der Waals surface area contributed by atoms with E-state index in [1.807, 2.05) is 20.8 Å². The third-order valence-corrected chi connectivity index (χ3v) is 5.30. The highest BCUT2D eigenvalue weighted by Crippen LogP contribution is 2.17. The summed E-state index contributed by atoms with van der Waals surface area (Å²) in [5.41, 5.74) is 0.539. The summed E-state index contributed by atoms with van der Waals surface area (Å²) in [6.45, 7) is 7.33. The van der Waals surface area contributed by atoms with E-state index in [0.717, 1.165) is 12.8 Å². The van der Waals surface area contributed by atoms with Crippen LogP contribution in [-0.4, -0.2) is 51.8 Å². The van der Waals surface area contributed by atoms with Crippen LogP contribution in [0.15, 0.2) is 36.5 Å². The quantitative estimate of drug-likeness (QED) is 0.674. The summed E-state index contributed by atoms with van der Waals surface area (Å²) in [5, 5.41) is 12.8. The van der Waals surface area contributed by atoms with Gasteiger partial charge in [-0.2, -0.15) is 5.10 Å². The van der Waals surface area contributed by atoms with Crippen LogP contribution in [0.4, 0.5) is 20.7 Å². The number of amides is 3. The molecule has 30 heavy (non-hydrogen) atoms. The van der Waals surface area contributed by atoms with E-state index < -0.39 is 0 Å². The number of nitrogens with one attached hydrogen (secondary N) is 3. The number of halogens is 1. The van der Waals surface area contributed by atoms with Crippen LogP contribution in [0.2, 0.25) is 0 Å². The summed E-state index contributed by atoms with van der Waals surface area (Å²) >= 11 is 0. The second kappa shape index (κ2) is 9.71. The Hall–Kier alpha value is -2.94. The number of anilines is 2. The van der Waals surface area contributed by atoms with Crippen LogP contribution in [0.3, 0.4) is 0 Å². The third-order valence-electron chi connectivity index (χ3n) is 5.30. The van der Waals surface area contributed by atoms with Gasteiger partial charge in [-0.1, -0.05) is 0 Å². The number of piperidine rings is 1. The van der Waals surface area contributed by atoms with Crippen LogP contribution in [0, 0.1) is 5.82 Å². The lowest BCUT2D eigenvalue weighted by molar-refractivity contribution is -0.121. The molecule has 162 valence electrons. The molecular weight excluding hydrogens is 387 g/mol. The van der Waals surface area contributed by atoms with Gasteiger partial charge in [0.15, 0.2) is 0 Å². The molecular formula is C21H29FN6O2. The van der Waals surface area contributed by atoms with Crippen molar-refractivity contribution in [1.82, 2.24) is 20.0 Å². The van der Waals surface area contributed by atoms with E-state index in [2.05, 4.69) is 25.9 Å². The topological polar surface area (TPSA) is 91.3 Å². The molecule has 1 aromatic carbocycles. The fourth-order valence-corrected chi connectivity index (χ4v) is 3.54. The van der Waals surface area contributed by atoms with Gasteiger partial charge in [0.25, 0.3) is 0 Å². The van der Waals surface area contributed by atoms with Gasteiger partial charge in [-0.25, -0.2) is 13.9 Å². The molecule has 0 unspecified atom stereocenters. The number of urea groups is 1. The smallest absolute Gasteiger partial charge is 0.319 e. The molecule has 0 radical (unpaired) electrons. The molecule has 1 aromatic heterocycles. The molecule has 3 rings (SSSR count). The van der Waals surface area contributed by atoms with E-state index in [9.17, 15) is 14.0 Å². The Balaban J connectivity index is 1.45. The maximum atomic E-state index is 13.0. The lowest BCUT2D eigenvalue weighted by atomic mass is 10.0. The first-order valence-corrected chi connectivity index (χ1v) is 10.2. The summed E-state index contributed by atoms with van der Waals surface area (Å²) in [6.07, 6.45) is 3.17. The van der Waals surface area contributed by atoms with Crippen molar-refractivity contribution in [2.45, 2.75) is 51.7 Å². The summed E-state index contributed by atoms with van der Waals surface area (Å²) in [5.74, 6) is 0.272. The number of carbonyl (C=O) groups excluding carboxylic acids is 2. The number of rotatable bonds is 6. The molecule has 1 atom stereocenters. The van der Waals surface area contributed by atoms with Gasteiger partial charge in [-0.3, -0.25) is 9.69 Å². The monoisotopic (exact) mass is 416 g/mol. The fourth-order valence-electron chi connectivity index (χ4n) is 3.54. The summed E-state index contributed by atoms with van der Waals surface area (Å²) < 4.78 is 14.7. The first-order chi connectivity index (χ1) is 14.3. The Kier molecular flexibility index (Phi) is 7.04. The van der Waals surface area contributed by atoms with E-state index in [0.29, 0.717) is 24.6 Å². The number of aromatic nitrogens is 2. The van der Waals surface area contributed by atoms with Crippen molar-refractivity contribution in [1.29, 1.82) is 0 Å². The normalized spacial score (nSPS) is 16.3. The molecule has 2 heterocycles. The zero-order valence-corrected chi connectivity index (χ0v) is 17.6. The first-order valence-electron chi connectivity index (χ1n) is 10.2. The third kappa shape index (κ3) is 5.56. The molecule has 1 fully saturated rings. The minimum atomic E-state index is -0.347. The van der Waals surface area contributed by atoms with Gasteiger partial charge in [-0.15, -0.1) is 0 Å². The van der Waals surface area contributed by atoms with E-state index >= 15 is 0 Å². The van der Waals surface area contributed by atoms with Gasteiger partial charge in [0.2, 0.25) is 5.91 Å². The van der Waals surface area contributed by atoms with Crippen LogP contribution >= 0.6 is 0 Å². The molecule has 3 N–H and O–H groups in total. The van der Waals surface area contributed by atoms with Gasteiger partial charge >= 0.3 is 6.03 Å². The molecule has 8 nitrogen and oxygen atoms in total. The van der Waals surface area contributed by atoms with Crippen LogP contribution in [0.5, 0.6) is 0 Å². The summed E-state index contributed by atoms with van der Waals surface area (Å²) in [4.78, 5) is 26.9. The Morgan fingerprint density at radius 2 is 1.73 bits per heavy atom. The highest BCUT2D eigenvalue weighted by atomic mass is 19.1. The zero-order chi connectivity index (χ0) is 21.7. The predicted molar refractivity (Wildman–Crippen MR) is 114 cm³/mol. The number of likely N-dealkylation sites (tertiary alicyclic amines) is 1. The largest absolute Gasteiger partial charge is 0.335 e. The average Bonchev–Trinajstić information content (AvgIpc) is 3.18. The Morgan fingerprint density at radius 1 is 1.07 bits per heavy atom. The molecule has 0 aliphatic carbocycles. The van der Waals surface area contributed by atoms with E-state index in [1.54, 1.807) is 16.9 Å². The highest BCUT2D eigenvalue weighted by molar-refractivity contribution is 5.93. The minimum Gasteiger partial charge on any atom is -0.335 e. The van der Waals surface area contributed by atoms with E-state index in [1.165, 1.54) is 24.3 Å². The van der Waals surface area contributed by atoms with Crippen LogP contribution < -0.4 is 16.0 Å². The Labute approximate surface area is 175 Å². The van der Waals surface area contributed by atoms with Crippen molar-refractivity contribution in [2.24, 2.45) is 0 Å². The van der Waals surface area contributed by atoms with Gasteiger partial charge in [-0.05, 0) is 57.9 Å². The number of carbonyl (C=O) groups is 2. The number of benzene rings is 1. The molecule has 0 bridgehead atoms. The Morgan fingerprint density at radius 3 is 2.37 bits per heavy atom. The van der Waals surface area contributed by atoms with Crippen LogP contribution in [0.25, 0.3) is 0 Å². The van der Waals surface area contributed by atoms with E-state index in [4.69, 9.17) is 0 Å². The highest BCUT2D eigenvalue weighted by Gasteiger charge is 2.28. The molecule has 9 heteroatoms. The van der Waals surface area contributed by atoms with Crippen LogP contribution in [-0.2, 0) is 4.79 Å². The molecule has 1 aliphatic rings. The van der Waals surface area contributed by atoms with Crippen molar-refractivity contribution in [3.63, 3.8) is 0 Å². The minimum absolute atomic E-state index is 0.0272. The number of nitrogens with zero attached hydrogens (tertiary/aromatic N) is 3. The second-order valence-corrected chi connectivity index (χ2v) is 7.84. The zero-order valence-electron chi connectivity index (χ0n) is 17.6. The standard InChI is InChI=1S/C21H29FN6O2/c1-14(2)28-19(8-11-23-28)26-20(29)15(3)27-12-9-18(10-13-27)25-21(30)24-17-6-4-16(22)5-7-17/h4-8,11,14-15,18H,9-10,12-13H2,1-3H3,(H,26,29)(H2,24,25,30)/t15-/m1/s1. The van der Waals surface area contributed by atoms with Crippen molar-refractivity contribution < 1.29 is 14.0 Å². The lowest BCUT2D eigenvalue weighted by Gasteiger charge is -2.35. The maximum absolute atomic E-state index is 13.0. The first kappa shape index (κ1) is 21.8. The van der Waals surface area contributed by atoms with Crippen molar-refractivity contribution in [3.8, 4) is 0 Å². The SMILES string of the molecule is CC(C)n1nccc1NC(=O)[C@@H](C)N1CCC(NC(=O)Nc2ccc(F)cc2)CC1. The number of hydrogen-bond acceptors (Lipinski definition) is 4. The van der Waals surface area contributed by atoms with Crippen LogP contribution in [0.1, 0.15) is 39.7 Å². The average molecular weight is 417 g/mol. The van der Waals surface area contributed by atoms with Crippen molar-refractivity contribution in [3.05, 3.63) is 42.3 Å². The second-order valence-electron chi connectivity index (χ2n) is 7.84. The summed E-state index contributed by atoms with van der Waals surface area (Å²) in [6, 6.07) is 7.02. The molecule has 0 spiro atoms. The molecule has 1 aliphatic heterocycles. The Bertz CT molecular complexity index is 859. The molecule has 0 saturated carbocycles. The molecule has 1 saturated heterocycles. The van der Waals surface area contributed by atoms with Gasteiger partial charge in [0, 0.05) is 36.9 Å². The molecule has 3 amide bonds. The van der Waals surface area contributed by atoms with E-state index in [-0.39, 0.29) is 35.9 Å². The number of hydrogen-bond donors (Lipinski definition) is 3. The van der Waals surface area contributed by atoms with Gasteiger partial charge < -0.3 is 16.0 Å². The van der Waals surface area contributed by atoms with Crippen molar-refractivity contribution >= 4 is 23.4 Å². The maximum Gasteiger partial charge on any atom is 0.319 e. The fraction of sp³-hybridized carbons (Fsp3) is 0.476. The predicted octanol–water partition coefficient (Wildman–Crippen LogP) is 3.22. The van der Waals surface area contributed by atoms with Gasteiger partial charge in [0.05, 0.1) is 12.2 Å². The van der Waals surface area contributed by atoms with Gasteiger partial charge in [0.1, 0.15) is 11.6 Å². The molecule has 2 aromatic rings. The van der Waals surface area contributed by atoms with Crippen molar-refractivity contribution in [2.75, 3.05) is 23.7 Å². The lowest BCUT2D eigenvalue weighted by Crippen LogP contribution is -2.51. The summed E-state index contributed by atoms with van der Waals surface area (Å²) in [7, 11) is 0.